The summed E-state index contributed by atoms with van der Waals surface area (Å²) in [6.07, 6.45) is 1.20. The number of hydrogen-bond donors (Lipinski definition) is 2. The molecule has 0 aliphatic rings. The number of benzene rings is 2. The van der Waals surface area contributed by atoms with E-state index in [4.69, 9.17) is 11.1 Å². The molecule has 2 aromatic carbocycles. The SMILES string of the molecule is CCC(C)CSc1ccc(C(=N)N)c2ccccc12. The molecule has 0 saturated heterocycles. The predicted molar refractivity (Wildman–Crippen MR) is 85.1 cm³/mol. The van der Waals surface area contributed by atoms with Crippen LogP contribution < -0.4 is 5.73 Å². The first kappa shape index (κ1) is 13.9. The Bertz CT molecular complexity index is 592. The maximum atomic E-state index is 7.66. The molecule has 0 fully saturated rings. The van der Waals surface area contributed by atoms with Crippen LogP contribution in [0.15, 0.2) is 41.3 Å². The van der Waals surface area contributed by atoms with E-state index in [1.54, 1.807) is 0 Å². The summed E-state index contributed by atoms with van der Waals surface area (Å²) >= 11 is 1.89. The van der Waals surface area contributed by atoms with Crippen molar-refractivity contribution in [1.82, 2.24) is 0 Å². The van der Waals surface area contributed by atoms with E-state index in [1.807, 2.05) is 36.0 Å². The van der Waals surface area contributed by atoms with Gasteiger partial charge in [0.1, 0.15) is 5.84 Å². The van der Waals surface area contributed by atoms with E-state index in [2.05, 4.69) is 26.0 Å². The van der Waals surface area contributed by atoms with Gasteiger partial charge in [-0.25, -0.2) is 0 Å². The van der Waals surface area contributed by atoms with Crippen LogP contribution in [0.3, 0.4) is 0 Å². The van der Waals surface area contributed by atoms with Crippen LogP contribution in [-0.2, 0) is 0 Å². The number of thioether (sulfide) groups is 1. The van der Waals surface area contributed by atoms with Gasteiger partial charge < -0.3 is 5.73 Å². The third kappa shape index (κ3) is 3.10. The molecule has 1 atom stereocenters. The molecule has 1 unspecified atom stereocenters. The molecule has 19 heavy (non-hydrogen) atoms. The number of nitrogens with two attached hydrogens (primary N) is 1. The smallest absolute Gasteiger partial charge is 0.123 e. The summed E-state index contributed by atoms with van der Waals surface area (Å²) in [5.41, 5.74) is 6.47. The minimum absolute atomic E-state index is 0.134. The van der Waals surface area contributed by atoms with Crippen LogP contribution in [0.4, 0.5) is 0 Å². The number of nitrogens with one attached hydrogen (secondary N) is 1. The topological polar surface area (TPSA) is 49.9 Å². The molecule has 2 aromatic rings. The van der Waals surface area contributed by atoms with Gasteiger partial charge in [-0.05, 0) is 28.8 Å². The number of fused-ring (bicyclic) bond motifs is 1. The van der Waals surface area contributed by atoms with Gasteiger partial charge in [0.15, 0.2) is 0 Å². The Balaban J connectivity index is 2.41. The van der Waals surface area contributed by atoms with E-state index in [0.717, 1.165) is 22.6 Å². The Labute approximate surface area is 118 Å². The Morgan fingerprint density at radius 1 is 1.21 bits per heavy atom. The molecule has 0 aliphatic carbocycles. The Kier molecular flexibility index (Phi) is 4.48. The zero-order valence-corrected chi connectivity index (χ0v) is 12.3. The average Bonchev–Trinajstić information content (AvgIpc) is 2.43. The molecule has 0 spiro atoms. The van der Waals surface area contributed by atoms with Gasteiger partial charge in [-0.2, -0.15) is 0 Å². The van der Waals surface area contributed by atoms with Crippen LogP contribution in [0.25, 0.3) is 10.8 Å². The molecule has 2 nitrogen and oxygen atoms in total. The van der Waals surface area contributed by atoms with Gasteiger partial charge in [-0.1, -0.05) is 44.5 Å². The van der Waals surface area contributed by atoms with E-state index in [-0.39, 0.29) is 5.84 Å². The fourth-order valence-corrected chi connectivity index (χ4v) is 3.18. The van der Waals surface area contributed by atoms with E-state index >= 15 is 0 Å². The fraction of sp³-hybridized carbons (Fsp3) is 0.312. The Morgan fingerprint density at radius 3 is 2.53 bits per heavy atom. The number of hydrogen-bond acceptors (Lipinski definition) is 2. The Hall–Kier alpha value is -1.48. The lowest BCUT2D eigenvalue weighted by Gasteiger charge is -2.12. The van der Waals surface area contributed by atoms with Gasteiger partial charge in [0, 0.05) is 16.2 Å². The normalized spacial score (nSPS) is 12.5. The molecular formula is C16H20N2S. The van der Waals surface area contributed by atoms with Crippen LogP contribution >= 0.6 is 11.8 Å². The second-order valence-electron chi connectivity index (χ2n) is 4.89. The average molecular weight is 272 g/mol. The second kappa shape index (κ2) is 6.11. The molecule has 0 bridgehead atoms. The highest BCUT2D eigenvalue weighted by Crippen LogP contribution is 2.31. The summed E-state index contributed by atoms with van der Waals surface area (Å²) in [5.74, 6) is 1.98. The van der Waals surface area contributed by atoms with Gasteiger partial charge >= 0.3 is 0 Å². The molecule has 0 heterocycles. The number of rotatable bonds is 5. The summed E-state index contributed by atoms with van der Waals surface area (Å²) in [5, 5.41) is 9.93. The zero-order valence-electron chi connectivity index (χ0n) is 11.4. The lowest BCUT2D eigenvalue weighted by Crippen LogP contribution is -2.11. The lowest BCUT2D eigenvalue weighted by atomic mass is 10.0. The highest BCUT2D eigenvalue weighted by molar-refractivity contribution is 7.99. The summed E-state index contributed by atoms with van der Waals surface area (Å²) < 4.78 is 0. The predicted octanol–water partition coefficient (Wildman–Crippen LogP) is 4.26. The van der Waals surface area contributed by atoms with Crippen molar-refractivity contribution in [1.29, 1.82) is 5.41 Å². The first-order valence-corrected chi connectivity index (χ1v) is 7.61. The minimum Gasteiger partial charge on any atom is -0.384 e. The monoisotopic (exact) mass is 272 g/mol. The van der Waals surface area contributed by atoms with Crippen LogP contribution in [0.5, 0.6) is 0 Å². The van der Waals surface area contributed by atoms with Crippen molar-refractivity contribution in [3.8, 4) is 0 Å². The summed E-state index contributed by atoms with van der Waals surface area (Å²) in [7, 11) is 0. The highest BCUT2D eigenvalue weighted by atomic mass is 32.2. The van der Waals surface area contributed by atoms with Crippen LogP contribution in [0.2, 0.25) is 0 Å². The van der Waals surface area contributed by atoms with E-state index in [0.29, 0.717) is 0 Å². The first-order chi connectivity index (χ1) is 9.13. The Morgan fingerprint density at radius 2 is 1.89 bits per heavy atom. The van der Waals surface area contributed by atoms with E-state index < -0.39 is 0 Å². The number of nitrogen functional groups attached to an aromatic ring is 1. The van der Waals surface area contributed by atoms with Gasteiger partial charge in [0.2, 0.25) is 0 Å². The maximum absolute atomic E-state index is 7.66. The van der Waals surface area contributed by atoms with Crippen molar-refractivity contribution in [2.75, 3.05) is 5.75 Å². The molecule has 100 valence electrons. The first-order valence-electron chi connectivity index (χ1n) is 6.62. The summed E-state index contributed by atoms with van der Waals surface area (Å²) in [6, 6.07) is 12.2. The molecule has 0 amide bonds. The van der Waals surface area contributed by atoms with E-state index in [9.17, 15) is 0 Å². The lowest BCUT2D eigenvalue weighted by molar-refractivity contribution is 0.637. The standard InChI is InChI=1S/C16H20N2S/c1-3-11(2)10-19-15-9-8-14(16(17)18)12-6-4-5-7-13(12)15/h4-9,11H,3,10H2,1-2H3,(H3,17,18). The maximum Gasteiger partial charge on any atom is 0.123 e. The summed E-state index contributed by atoms with van der Waals surface area (Å²) in [6.45, 7) is 4.50. The molecule has 2 rings (SSSR count). The van der Waals surface area contributed by atoms with Crippen molar-refractivity contribution in [3.63, 3.8) is 0 Å². The van der Waals surface area contributed by atoms with Crippen LogP contribution in [0.1, 0.15) is 25.8 Å². The van der Waals surface area contributed by atoms with Crippen molar-refractivity contribution >= 4 is 28.4 Å². The van der Waals surface area contributed by atoms with Gasteiger partial charge in [0.05, 0.1) is 0 Å². The minimum atomic E-state index is 0.134. The van der Waals surface area contributed by atoms with Gasteiger partial charge in [-0.3, -0.25) is 5.41 Å². The van der Waals surface area contributed by atoms with E-state index in [1.165, 1.54) is 16.7 Å². The van der Waals surface area contributed by atoms with Crippen molar-refractivity contribution in [2.24, 2.45) is 11.7 Å². The molecule has 3 N–H and O–H groups in total. The largest absolute Gasteiger partial charge is 0.384 e. The molecule has 0 aromatic heterocycles. The van der Waals surface area contributed by atoms with Crippen molar-refractivity contribution < 1.29 is 0 Å². The van der Waals surface area contributed by atoms with Crippen molar-refractivity contribution in [2.45, 2.75) is 25.2 Å². The zero-order chi connectivity index (χ0) is 13.8. The van der Waals surface area contributed by atoms with Crippen LogP contribution in [0, 0.1) is 11.3 Å². The summed E-state index contributed by atoms with van der Waals surface area (Å²) in [4.78, 5) is 1.28. The number of amidine groups is 1. The van der Waals surface area contributed by atoms with Crippen LogP contribution in [-0.4, -0.2) is 11.6 Å². The fourth-order valence-electron chi connectivity index (χ4n) is 1.98. The quantitative estimate of drug-likeness (QED) is 0.485. The molecule has 0 saturated carbocycles. The highest BCUT2D eigenvalue weighted by Gasteiger charge is 2.09. The third-order valence-corrected chi connectivity index (χ3v) is 4.80. The van der Waals surface area contributed by atoms with Gasteiger partial charge in [0.25, 0.3) is 0 Å². The molecule has 0 radical (unpaired) electrons. The molecular weight excluding hydrogens is 252 g/mol. The van der Waals surface area contributed by atoms with Gasteiger partial charge in [-0.15, -0.1) is 11.8 Å². The third-order valence-electron chi connectivity index (χ3n) is 3.39. The molecule has 0 aliphatic heterocycles. The van der Waals surface area contributed by atoms with Crippen molar-refractivity contribution in [3.05, 3.63) is 42.0 Å². The molecule has 3 heteroatoms. The second-order valence-corrected chi connectivity index (χ2v) is 5.96.